The second-order valence-electron chi connectivity index (χ2n) is 3.54. The number of benzene rings is 1. The molecule has 0 unspecified atom stereocenters. The molecule has 4 heteroatoms. The van der Waals surface area contributed by atoms with Crippen molar-refractivity contribution in [2.45, 2.75) is 0 Å². The average Bonchev–Trinajstić information content (AvgIpc) is 2.86. The Morgan fingerprint density at radius 3 is 2.93 bits per heavy atom. The molecule has 3 nitrogen and oxygen atoms in total. The molecule has 1 aromatic carbocycles. The summed E-state index contributed by atoms with van der Waals surface area (Å²) in [6.07, 6.45) is 0. The zero-order chi connectivity index (χ0) is 9.83. The predicted molar refractivity (Wildman–Crippen MR) is 59.8 cm³/mol. The fraction of sp³-hybridized carbons (Fsp3) is 0.0909. The number of aromatic amines is 1. The highest BCUT2D eigenvalue weighted by atomic mass is 32.1. The molecule has 74 valence electrons. The summed E-state index contributed by atoms with van der Waals surface area (Å²) in [6.45, 7) is 0.329. The Bertz CT molecular complexity index is 668. The van der Waals surface area contributed by atoms with Gasteiger partial charge in [-0.3, -0.25) is 0 Å². The molecule has 0 amide bonds. The summed E-state index contributed by atoms with van der Waals surface area (Å²) < 4.78 is 12.0. The number of hydrogen-bond acceptors (Lipinski definition) is 3. The average molecular weight is 217 g/mol. The molecule has 3 heterocycles. The van der Waals surface area contributed by atoms with Crippen molar-refractivity contribution in [2.24, 2.45) is 0 Å². The minimum absolute atomic E-state index is 0.329. The minimum atomic E-state index is 0.329. The van der Waals surface area contributed by atoms with Gasteiger partial charge in [0.2, 0.25) is 6.79 Å². The minimum Gasteiger partial charge on any atom is -0.454 e. The summed E-state index contributed by atoms with van der Waals surface area (Å²) in [5, 5.41) is 3.30. The predicted octanol–water partition coefficient (Wildman–Crippen LogP) is 3.11. The van der Waals surface area contributed by atoms with E-state index in [0.717, 1.165) is 17.0 Å². The molecule has 0 bridgehead atoms. The van der Waals surface area contributed by atoms with Gasteiger partial charge in [0.15, 0.2) is 11.5 Å². The van der Waals surface area contributed by atoms with Gasteiger partial charge < -0.3 is 14.5 Å². The number of ether oxygens (including phenoxy) is 2. The zero-order valence-electron chi connectivity index (χ0n) is 7.74. The maximum Gasteiger partial charge on any atom is 0.231 e. The standard InChI is InChI=1S/C11H7NO2S/c1-2-15-11-6-3-9-10(14-5-13-9)4-8(6)12-7(1)11/h1-4,12H,5H2. The van der Waals surface area contributed by atoms with E-state index in [-0.39, 0.29) is 0 Å². The van der Waals surface area contributed by atoms with Crippen LogP contribution in [0.1, 0.15) is 0 Å². The summed E-state index contributed by atoms with van der Waals surface area (Å²) >= 11 is 1.74. The molecule has 15 heavy (non-hydrogen) atoms. The second kappa shape index (κ2) is 2.46. The largest absolute Gasteiger partial charge is 0.454 e. The first kappa shape index (κ1) is 7.59. The Balaban J connectivity index is 2.20. The van der Waals surface area contributed by atoms with Gasteiger partial charge in [-0.05, 0) is 17.5 Å². The summed E-state index contributed by atoms with van der Waals surface area (Å²) in [5.41, 5.74) is 2.29. The number of hydrogen-bond donors (Lipinski definition) is 1. The third kappa shape index (κ3) is 0.894. The van der Waals surface area contributed by atoms with Crippen molar-refractivity contribution in [3.8, 4) is 11.5 Å². The van der Waals surface area contributed by atoms with E-state index in [2.05, 4.69) is 16.4 Å². The molecule has 3 aromatic rings. The quantitative estimate of drug-likeness (QED) is 0.627. The fourth-order valence-corrected chi connectivity index (χ4v) is 2.88. The number of H-pyrrole nitrogens is 1. The molecule has 0 fully saturated rings. The molecule has 0 saturated heterocycles. The molecular weight excluding hydrogens is 210 g/mol. The number of aromatic nitrogens is 1. The van der Waals surface area contributed by atoms with Gasteiger partial charge in [-0.1, -0.05) is 0 Å². The van der Waals surface area contributed by atoms with Crippen LogP contribution in [0.4, 0.5) is 0 Å². The summed E-state index contributed by atoms with van der Waals surface area (Å²) in [4.78, 5) is 3.36. The van der Waals surface area contributed by atoms with Crippen LogP contribution in [0.15, 0.2) is 23.6 Å². The van der Waals surface area contributed by atoms with E-state index < -0.39 is 0 Å². The van der Waals surface area contributed by atoms with Gasteiger partial charge in [-0.25, -0.2) is 0 Å². The van der Waals surface area contributed by atoms with E-state index >= 15 is 0 Å². The van der Waals surface area contributed by atoms with E-state index in [0.29, 0.717) is 6.79 Å². The van der Waals surface area contributed by atoms with Crippen LogP contribution in [0, 0.1) is 0 Å². The number of fused-ring (bicyclic) bond motifs is 4. The smallest absolute Gasteiger partial charge is 0.231 e. The van der Waals surface area contributed by atoms with Crippen LogP contribution in [-0.4, -0.2) is 11.8 Å². The molecule has 0 aliphatic carbocycles. The van der Waals surface area contributed by atoms with Gasteiger partial charge in [0.25, 0.3) is 0 Å². The van der Waals surface area contributed by atoms with Crippen LogP contribution >= 0.6 is 11.3 Å². The van der Waals surface area contributed by atoms with E-state index in [4.69, 9.17) is 9.47 Å². The molecule has 0 radical (unpaired) electrons. The van der Waals surface area contributed by atoms with Gasteiger partial charge in [-0.15, -0.1) is 11.3 Å². The molecule has 4 rings (SSSR count). The first-order valence-corrected chi connectivity index (χ1v) is 5.58. The van der Waals surface area contributed by atoms with Crippen molar-refractivity contribution in [2.75, 3.05) is 6.79 Å². The third-order valence-electron chi connectivity index (χ3n) is 2.69. The maximum atomic E-state index is 5.37. The first-order valence-electron chi connectivity index (χ1n) is 4.70. The Morgan fingerprint density at radius 2 is 2.00 bits per heavy atom. The molecule has 0 spiro atoms. The third-order valence-corrected chi connectivity index (χ3v) is 3.64. The monoisotopic (exact) mass is 217 g/mol. The van der Waals surface area contributed by atoms with Gasteiger partial charge in [-0.2, -0.15) is 0 Å². The highest BCUT2D eigenvalue weighted by Crippen LogP contribution is 2.39. The molecule has 1 aliphatic rings. The van der Waals surface area contributed by atoms with Crippen LogP contribution < -0.4 is 9.47 Å². The molecule has 1 N–H and O–H groups in total. The van der Waals surface area contributed by atoms with Crippen molar-refractivity contribution in [3.63, 3.8) is 0 Å². The van der Waals surface area contributed by atoms with E-state index in [9.17, 15) is 0 Å². The van der Waals surface area contributed by atoms with Gasteiger partial charge >= 0.3 is 0 Å². The Hall–Kier alpha value is -1.68. The van der Waals surface area contributed by atoms with Crippen LogP contribution in [0.3, 0.4) is 0 Å². The summed E-state index contributed by atoms with van der Waals surface area (Å²) in [5.74, 6) is 1.67. The van der Waals surface area contributed by atoms with Crippen LogP contribution in [0.2, 0.25) is 0 Å². The van der Waals surface area contributed by atoms with Crippen molar-refractivity contribution in [3.05, 3.63) is 23.6 Å². The topological polar surface area (TPSA) is 34.2 Å². The van der Waals surface area contributed by atoms with Crippen molar-refractivity contribution < 1.29 is 9.47 Å². The van der Waals surface area contributed by atoms with E-state index in [1.165, 1.54) is 15.6 Å². The van der Waals surface area contributed by atoms with Gasteiger partial charge in [0.05, 0.1) is 15.7 Å². The summed E-state index contributed by atoms with van der Waals surface area (Å²) in [6, 6.07) is 6.14. The lowest BCUT2D eigenvalue weighted by molar-refractivity contribution is 0.174. The normalized spacial score (nSPS) is 14.1. The highest BCUT2D eigenvalue weighted by Gasteiger charge is 2.16. The van der Waals surface area contributed by atoms with Crippen LogP contribution in [-0.2, 0) is 0 Å². The summed E-state index contributed by atoms with van der Waals surface area (Å²) in [7, 11) is 0. The van der Waals surface area contributed by atoms with Gasteiger partial charge in [0, 0.05) is 11.5 Å². The lowest BCUT2D eigenvalue weighted by Gasteiger charge is -1.95. The molecule has 0 saturated carbocycles. The lowest BCUT2D eigenvalue weighted by Crippen LogP contribution is -1.92. The fourth-order valence-electron chi connectivity index (χ4n) is 1.99. The Morgan fingerprint density at radius 1 is 1.13 bits per heavy atom. The molecule has 1 aliphatic heterocycles. The number of rotatable bonds is 0. The number of nitrogens with one attached hydrogen (secondary N) is 1. The van der Waals surface area contributed by atoms with Crippen LogP contribution in [0.25, 0.3) is 21.1 Å². The van der Waals surface area contributed by atoms with E-state index in [1.54, 1.807) is 11.3 Å². The second-order valence-corrected chi connectivity index (χ2v) is 4.46. The first-order chi connectivity index (χ1) is 7.42. The maximum absolute atomic E-state index is 5.37. The highest BCUT2D eigenvalue weighted by molar-refractivity contribution is 7.18. The van der Waals surface area contributed by atoms with Crippen molar-refractivity contribution in [1.29, 1.82) is 0 Å². The molecule has 0 atom stereocenters. The Kier molecular flexibility index (Phi) is 1.25. The van der Waals surface area contributed by atoms with Crippen LogP contribution in [0.5, 0.6) is 11.5 Å². The van der Waals surface area contributed by atoms with Crippen molar-refractivity contribution >= 4 is 32.5 Å². The number of thiophene rings is 1. The Labute approximate surface area is 89.2 Å². The lowest BCUT2D eigenvalue weighted by atomic mass is 10.2. The SMILES string of the molecule is c1cc2[nH]c3cc4c(cc3c2s1)OCO4. The van der Waals surface area contributed by atoms with E-state index in [1.807, 2.05) is 12.1 Å². The van der Waals surface area contributed by atoms with Gasteiger partial charge in [0.1, 0.15) is 0 Å². The molecular formula is C11H7NO2S. The van der Waals surface area contributed by atoms with Crippen molar-refractivity contribution in [1.82, 2.24) is 4.98 Å². The zero-order valence-corrected chi connectivity index (χ0v) is 8.56. The molecule has 2 aromatic heterocycles.